The number of aromatic nitrogens is 1. The van der Waals surface area contributed by atoms with E-state index in [4.69, 9.17) is 0 Å². The molecule has 20 heavy (non-hydrogen) atoms. The average Bonchev–Trinajstić information content (AvgIpc) is 2.45. The summed E-state index contributed by atoms with van der Waals surface area (Å²) in [5.74, 6) is 0.210. The van der Waals surface area contributed by atoms with Gasteiger partial charge in [-0.05, 0) is 35.2 Å². The zero-order valence-corrected chi connectivity index (χ0v) is 12.2. The molecule has 0 saturated carbocycles. The van der Waals surface area contributed by atoms with Gasteiger partial charge in [-0.1, -0.05) is 45.0 Å². The van der Waals surface area contributed by atoms with E-state index in [1.54, 1.807) is 6.20 Å². The van der Waals surface area contributed by atoms with Crippen molar-refractivity contribution in [2.24, 2.45) is 0 Å². The van der Waals surface area contributed by atoms with Crippen LogP contribution in [-0.4, -0.2) is 11.5 Å². The first kappa shape index (κ1) is 14.7. The Balaban J connectivity index is 2.33. The maximum Gasteiger partial charge on any atom is 0.141 e. The van der Waals surface area contributed by atoms with Gasteiger partial charge in [-0.25, -0.2) is 4.39 Å². The second kappa shape index (κ2) is 6.62. The fraction of sp³-hybridized carbons (Fsp3) is 0.353. The molecular weight excluding hydrogens is 251 g/mol. The molecule has 0 fully saturated rings. The smallest absolute Gasteiger partial charge is 0.141 e. The van der Waals surface area contributed by atoms with Gasteiger partial charge in [0, 0.05) is 6.20 Å². The molecule has 0 bridgehead atoms. The number of nitrogens with one attached hydrogen (secondary N) is 1. The number of rotatable bonds is 5. The van der Waals surface area contributed by atoms with E-state index in [2.05, 4.69) is 48.4 Å². The van der Waals surface area contributed by atoms with E-state index in [0.717, 1.165) is 17.7 Å². The zero-order chi connectivity index (χ0) is 14.5. The van der Waals surface area contributed by atoms with Crippen LogP contribution >= 0.6 is 0 Å². The van der Waals surface area contributed by atoms with E-state index < -0.39 is 0 Å². The van der Waals surface area contributed by atoms with Crippen LogP contribution in [0.15, 0.2) is 42.7 Å². The van der Waals surface area contributed by atoms with E-state index in [1.165, 1.54) is 17.8 Å². The minimum atomic E-state index is -0.302. The summed E-state index contributed by atoms with van der Waals surface area (Å²) in [6.07, 6.45) is 2.95. The van der Waals surface area contributed by atoms with E-state index >= 15 is 0 Å². The Morgan fingerprint density at radius 1 is 1.05 bits per heavy atom. The van der Waals surface area contributed by atoms with Crippen molar-refractivity contribution in [3.8, 4) is 0 Å². The van der Waals surface area contributed by atoms with Crippen molar-refractivity contribution >= 4 is 0 Å². The molecule has 1 aromatic carbocycles. The normalized spacial score (nSPS) is 12.7. The zero-order valence-electron chi connectivity index (χ0n) is 12.2. The quantitative estimate of drug-likeness (QED) is 0.888. The fourth-order valence-corrected chi connectivity index (χ4v) is 2.29. The van der Waals surface area contributed by atoms with Gasteiger partial charge in [0.05, 0.1) is 12.2 Å². The lowest BCUT2D eigenvalue weighted by Crippen LogP contribution is -2.22. The first-order valence-electron chi connectivity index (χ1n) is 7.05. The summed E-state index contributed by atoms with van der Waals surface area (Å²) >= 11 is 0. The van der Waals surface area contributed by atoms with Crippen LogP contribution in [0.1, 0.15) is 49.4 Å². The van der Waals surface area contributed by atoms with Gasteiger partial charge in [-0.2, -0.15) is 0 Å². The van der Waals surface area contributed by atoms with Crippen LogP contribution in [-0.2, 0) is 0 Å². The minimum absolute atomic E-state index is 0.0237. The molecule has 0 aliphatic carbocycles. The van der Waals surface area contributed by atoms with E-state index in [-0.39, 0.29) is 11.9 Å². The molecule has 2 nitrogen and oxygen atoms in total. The highest BCUT2D eigenvalue weighted by Gasteiger charge is 2.14. The van der Waals surface area contributed by atoms with Gasteiger partial charge in [0.25, 0.3) is 0 Å². The molecule has 0 aliphatic rings. The number of pyridine rings is 1. The van der Waals surface area contributed by atoms with Crippen LogP contribution in [0.25, 0.3) is 0 Å². The Hall–Kier alpha value is -1.74. The third-order valence-corrected chi connectivity index (χ3v) is 3.40. The van der Waals surface area contributed by atoms with Crippen LogP contribution in [0.4, 0.5) is 4.39 Å². The Morgan fingerprint density at radius 2 is 1.70 bits per heavy atom. The fourth-order valence-electron chi connectivity index (χ4n) is 2.29. The second-order valence-electron chi connectivity index (χ2n) is 5.25. The van der Waals surface area contributed by atoms with Crippen LogP contribution in [0.3, 0.4) is 0 Å². The molecule has 2 aromatic rings. The standard InChI is InChI=1S/C17H21FN2/c1-4-20-17(15-9-16(18)11-19-10-15)14-7-5-13(6-8-14)12(2)3/h5-12,17,20H,4H2,1-3H3. The summed E-state index contributed by atoms with van der Waals surface area (Å²) in [6, 6.07) is 10.00. The molecule has 1 N–H and O–H groups in total. The molecule has 2 rings (SSSR count). The third-order valence-electron chi connectivity index (χ3n) is 3.40. The van der Waals surface area contributed by atoms with Gasteiger partial charge in [-0.3, -0.25) is 4.98 Å². The Bertz CT molecular complexity index is 549. The maximum atomic E-state index is 13.4. The molecule has 0 radical (unpaired) electrons. The van der Waals surface area contributed by atoms with E-state index in [1.807, 2.05) is 6.92 Å². The van der Waals surface area contributed by atoms with Crippen LogP contribution in [0.5, 0.6) is 0 Å². The summed E-state index contributed by atoms with van der Waals surface area (Å²) in [6.45, 7) is 7.20. The highest BCUT2D eigenvalue weighted by atomic mass is 19.1. The van der Waals surface area contributed by atoms with E-state index in [9.17, 15) is 4.39 Å². The van der Waals surface area contributed by atoms with Crippen molar-refractivity contribution in [1.82, 2.24) is 10.3 Å². The summed E-state index contributed by atoms with van der Waals surface area (Å²) in [4.78, 5) is 3.94. The first-order valence-corrected chi connectivity index (χ1v) is 7.05. The molecule has 3 heteroatoms. The SMILES string of the molecule is CCNC(c1ccc(C(C)C)cc1)c1cncc(F)c1. The van der Waals surface area contributed by atoms with Crippen LogP contribution < -0.4 is 5.32 Å². The van der Waals surface area contributed by atoms with Gasteiger partial charge < -0.3 is 5.32 Å². The lowest BCUT2D eigenvalue weighted by atomic mass is 9.96. The highest BCUT2D eigenvalue weighted by molar-refractivity contribution is 5.33. The van der Waals surface area contributed by atoms with Crippen LogP contribution in [0.2, 0.25) is 0 Å². The summed E-state index contributed by atoms with van der Waals surface area (Å²) in [5.41, 5.74) is 3.29. The molecule has 0 amide bonds. The predicted octanol–water partition coefficient (Wildman–Crippen LogP) is 4.04. The molecule has 106 valence electrons. The lowest BCUT2D eigenvalue weighted by Gasteiger charge is -2.19. The molecule has 0 spiro atoms. The van der Waals surface area contributed by atoms with Crippen molar-refractivity contribution in [3.05, 3.63) is 65.2 Å². The van der Waals surface area contributed by atoms with Crippen molar-refractivity contribution in [2.75, 3.05) is 6.54 Å². The largest absolute Gasteiger partial charge is 0.306 e. The van der Waals surface area contributed by atoms with Crippen molar-refractivity contribution in [2.45, 2.75) is 32.7 Å². The van der Waals surface area contributed by atoms with Gasteiger partial charge >= 0.3 is 0 Å². The summed E-state index contributed by atoms with van der Waals surface area (Å²) in [5, 5.41) is 3.38. The average molecular weight is 272 g/mol. The summed E-state index contributed by atoms with van der Waals surface area (Å²) < 4.78 is 13.4. The van der Waals surface area contributed by atoms with Gasteiger partial charge in [-0.15, -0.1) is 0 Å². The highest BCUT2D eigenvalue weighted by Crippen LogP contribution is 2.24. The Kier molecular flexibility index (Phi) is 4.85. The molecule has 0 saturated heterocycles. The topological polar surface area (TPSA) is 24.9 Å². The Labute approximate surface area is 120 Å². The predicted molar refractivity (Wildman–Crippen MR) is 80.2 cm³/mol. The molecule has 1 aromatic heterocycles. The summed E-state index contributed by atoms with van der Waals surface area (Å²) in [7, 11) is 0. The molecule has 0 aliphatic heterocycles. The first-order chi connectivity index (χ1) is 9.61. The molecular formula is C17H21FN2. The lowest BCUT2D eigenvalue weighted by molar-refractivity contribution is 0.596. The third kappa shape index (κ3) is 3.42. The van der Waals surface area contributed by atoms with Crippen molar-refractivity contribution < 1.29 is 4.39 Å². The molecule has 1 heterocycles. The van der Waals surface area contributed by atoms with Gasteiger partial charge in [0.15, 0.2) is 0 Å². The minimum Gasteiger partial charge on any atom is -0.306 e. The van der Waals surface area contributed by atoms with Gasteiger partial charge in [0.1, 0.15) is 5.82 Å². The number of nitrogens with zero attached hydrogens (tertiary/aromatic N) is 1. The van der Waals surface area contributed by atoms with Crippen molar-refractivity contribution in [1.29, 1.82) is 0 Å². The molecule has 1 unspecified atom stereocenters. The maximum absolute atomic E-state index is 13.4. The molecule has 1 atom stereocenters. The monoisotopic (exact) mass is 272 g/mol. The van der Waals surface area contributed by atoms with Gasteiger partial charge in [0.2, 0.25) is 0 Å². The number of halogens is 1. The second-order valence-corrected chi connectivity index (χ2v) is 5.25. The van der Waals surface area contributed by atoms with Crippen LogP contribution in [0, 0.1) is 5.82 Å². The van der Waals surface area contributed by atoms with Crippen molar-refractivity contribution in [3.63, 3.8) is 0 Å². The number of hydrogen-bond donors (Lipinski definition) is 1. The number of benzene rings is 1. The number of hydrogen-bond acceptors (Lipinski definition) is 2. The Morgan fingerprint density at radius 3 is 2.25 bits per heavy atom. The van der Waals surface area contributed by atoms with E-state index in [0.29, 0.717) is 5.92 Å².